The Bertz CT molecular complexity index is 1090. The Morgan fingerprint density at radius 3 is 2.69 bits per heavy atom. The van der Waals surface area contributed by atoms with E-state index in [1.54, 1.807) is 24.3 Å². The zero-order valence-electron chi connectivity index (χ0n) is 15.6. The van der Waals surface area contributed by atoms with E-state index in [0.717, 1.165) is 21.7 Å². The van der Waals surface area contributed by atoms with E-state index >= 15 is 0 Å². The number of benzene rings is 2. The molecular weight excluding hydrogens is 388 g/mol. The summed E-state index contributed by atoms with van der Waals surface area (Å²) in [6.07, 6.45) is 0. The number of rotatable bonds is 5. The molecule has 0 atom stereocenters. The van der Waals surface area contributed by atoms with E-state index in [9.17, 15) is 14.4 Å². The number of imide groups is 1. The first-order chi connectivity index (χ1) is 14.0. The lowest BCUT2D eigenvalue weighted by Gasteiger charge is -2.15. The summed E-state index contributed by atoms with van der Waals surface area (Å²) in [5, 5.41) is 7.68. The van der Waals surface area contributed by atoms with E-state index in [1.807, 2.05) is 36.6 Å². The maximum atomic E-state index is 12.8. The molecule has 8 heteroatoms. The molecule has 4 rings (SSSR count). The second-order valence-corrected chi connectivity index (χ2v) is 7.46. The van der Waals surface area contributed by atoms with Gasteiger partial charge in [0.2, 0.25) is 5.91 Å². The molecule has 0 unspecified atom stereocenters. The Morgan fingerprint density at radius 2 is 1.93 bits per heavy atom. The third-order valence-electron chi connectivity index (χ3n) is 4.67. The van der Waals surface area contributed by atoms with Crippen LogP contribution >= 0.6 is 11.3 Å². The molecule has 1 aliphatic rings. The first-order valence-electron chi connectivity index (χ1n) is 9.02. The van der Waals surface area contributed by atoms with Crippen LogP contribution in [-0.4, -0.2) is 34.3 Å². The molecule has 0 saturated carbocycles. The molecule has 1 fully saturated rings. The highest BCUT2D eigenvalue weighted by molar-refractivity contribution is 7.14. The normalized spacial score (nSPS) is 13.5. The summed E-state index contributed by atoms with van der Waals surface area (Å²) in [6.45, 7) is 2.04. The SMILES string of the molecule is Cc1ccccc1-c1csc(NC(=O)c2ccccc2CN2C(=O)CNC2=O)n1. The van der Waals surface area contributed by atoms with E-state index in [1.165, 1.54) is 11.3 Å². The topological polar surface area (TPSA) is 91.4 Å². The number of amides is 4. The van der Waals surface area contributed by atoms with Crippen molar-refractivity contribution in [3.63, 3.8) is 0 Å². The quantitative estimate of drug-likeness (QED) is 0.635. The second kappa shape index (κ2) is 7.84. The van der Waals surface area contributed by atoms with Crippen LogP contribution in [0.5, 0.6) is 0 Å². The summed E-state index contributed by atoms with van der Waals surface area (Å²) in [5.41, 5.74) is 3.91. The lowest BCUT2D eigenvalue weighted by atomic mass is 10.1. The van der Waals surface area contributed by atoms with Crippen molar-refractivity contribution in [3.05, 3.63) is 70.6 Å². The lowest BCUT2D eigenvalue weighted by molar-refractivity contribution is -0.125. The third-order valence-corrected chi connectivity index (χ3v) is 5.43. The molecule has 7 nitrogen and oxygen atoms in total. The summed E-state index contributed by atoms with van der Waals surface area (Å²) in [7, 11) is 0. The minimum Gasteiger partial charge on any atom is -0.329 e. The number of aryl methyl sites for hydroxylation is 1. The van der Waals surface area contributed by atoms with Gasteiger partial charge < -0.3 is 5.32 Å². The molecule has 4 amide bonds. The van der Waals surface area contributed by atoms with Crippen molar-refractivity contribution in [3.8, 4) is 11.3 Å². The average Bonchev–Trinajstić information content (AvgIpc) is 3.30. The van der Waals surface area contributed by atoms with E-state index in [2.05, 4.69) is 15.6 Å². The third kappa shape index (κ3) is 3.88. The maximum absolute atomic E-state index is 12.8. The Hall–Kier alpha value is -3.52. The molecule has 0 radical (unpaired) electrons. The van der Waals surface area contributed by atoms with Crippen LogP contribution in [0.4, 0.5) is 9.93 Å². The minimum atomic E-state index is -0.451. The fourth-order valence-electron chi connectivity index (χ4n) is 3.14. The van der Waals surface area contributed by atoms with Gasteiger partial charge in [0.05, 0.1) is 18.8 Å². The van der Waals surface area contributed by atoms with Gasteiger partial charge in [-0.2, -0.15) is 0 Å². The molecule has 1 aromatic heterocycles. The number of aromatic nitrogens is 1. The first kappa shape index (κ1) is 18.8. The number of urea groups is 1. The number of thiazole rings is 1. The predicted molar refractivity (Wildman–Crippen MR) is 111 cm³/mol. The van der Waals surface area contributed by atoms with Gasteiger partial charge >= 0.3 is 6.03 Å². The van der Waals surface area contributed by atoms with Gasteiger partial charge in [0.25, 0.3) is 5.91 Å². The van der Waals surface area contributed by atoms with Crippen molar-refractivity contribution in [1.82, 2.24) is 15.2 Å². The standard InChI is InChI=1S/C21H18N4O3S/c1-13-6-2-4-8-15(13)17-12-29-20(23-17)24-19(27)16-9-5-3-7-14(16)11-25-18(26)10-22-21(25)28/h2-9,12H,10-11H2,1H3,(H,22,28)(H,23,24,27). The average molecular weight is 406 g/mol. The number of carbonyl (C=O) groups excluding carboxylic acids is 3. The summed E-state index contributed by atoms with van der Waals surface area (Å²) in [4.78, 5) is 42.1. The summed E-state index contributed by atoms with van der Waals surface area (Å²) >= 11 is 1.34. The highest BCUT2D eigenvalue weighted by Crippen LogP contribution is 2.27. The molecule has 29 heavy (non-hydrogen) atoms. The molecule has 146 valence electrons. The first-order valence-corrected chi connectivity index (χ1v) is 9.90. The molecule has 1 saturated heterocycles. The van der Waals surface area contributed by atoms with Crippen LogP contribution in [0.1, 0.15) is 21.5 Å². The minimum absolute atomic E-state index is 0.0198. The Morgan fingerprint density at radius 1 is 1.17 bits per heavy atom. The van der Waals surface area contributed by atoms with Crippen LogP contribution < -0.4 is 10.6 Å². The van der Waals surface area contributed by atoms with Gasteiger partial charge in [0.1, 0.15) is 0 Å². The smallest absolute Gasteiger partial charge is 0.324 e. The van der Waals surface area contributed by atoms with Crippen LogP contribution in [-0.2, 0) is 11.3 Å². The van der Waals surface area contributed by atoms with Gasteiger partial charge in [-0.1, -0.05) is 42.5 Å². The van der Waals surface area contributed by atoms with Gasteiger partial charge in [0.15, 0.2) is 5.13 Å². The number of anilines is 1. The molecule has 2 heterocycles. The predicted octanol–water partition coefficient (Wildman–Crippen LogP) is 3.42. The molecule has 1 aliphatic heterocycles. The fraction of sp³-hybridized carbons (Fsp3) is 0.143. The Labute approximate surface area is 171 Å². The summed E-state index contributed by atoms with van der Waals surface area (Å²) in [6, 6.07) is 14.4. The van der Waals surface area contributed by atoms with Crippen LogP contribution in [0.2, 0.25) is 0 Å². The van der Waals surface area contributed by atoms with Crippen molar-refractivity contribution < 1.29 is 14.4 Å². The number of hydrogen-bond acceptors (Lipinski definition) is 5. The molecule has 2 N–H and O–H groups in total. The number of carbonyl (C=O) groups is 3. The zero-order chi connectivity index (χ0) is 20.4. The van der Waals surface area contributed by atoms with Gasteiger partial charge in [-0.15, -0.1) is 11.3 Å². The fourth-order valence-corrected chi connectivity index (χ4v) is 3.85. The lowest BCUT2D eigenvalue weighted by Crippen LogP contribution is -2.31. The molecular formula is C21H18N4O3S. The number of nitrogens with zero attached hydrogens (tertiary/aromatic N) is 2. The monoisotopic (exact) mass is 406 g/mol. The van der Waals surface area contributed by atoms with E-state index < -0.39 is 6.03 Å². The Kier molecular flexibility index (Phi) is 5.09. The molecule has 3 aromatic rings. The highest BCUT2D eigenvalue weighted by Gasteiger charge is 2.29. The second-order valence-electron chi connectivity index (χ2n) is 6.60. The highest BCUT2D eigenvalue weighted by atomic mass is 32.1. The van der Waals surface area contributed by atoms with Crippen molar-refractivity contribution >= 4 is 34.3 Å². The summed E-state index contributed by atoms with van der Waals surface area (Å²) < 4.78 is 0. The maximum Gasteiger partial charge on any atom is 0.324 e. The van der Waals surface area contributed by atoms with E-state index in [-0.39, 0.29) is 24.9 Å². The van der Waals surface area contributed by atoms with Crippen molar-refractivity contribution in [2.24, 2.45) is 0 Å². The van der Waals surface area contributed by atoms with Gasteiger partial charge in [0, 0.05) is 16.5 Å². The van der Waals surface area contributed by atoms with Crippen LogP contribution in [0.15, 0.2) is 53.9 Å². The van der Waals surface area contributed by atoms with Crippen molar-refractivity contribution in [2.45, 2.75) is 13.5 Å². The van der Waals surface area contributed by atoms with Gasteiger partial charge in [-0.25, -0.2) is 9.78 Å². The van der Waals surface area contributed by atoms with Crippen molar-refractivity contribution in [1.29, 1.82) is 0 Å². The van der Waals surface area contributed by atoms with Crippen LogP contribution in [0.3, 0.4) is 0 Å². The Balaban J connectivity index is 1.53. The number of hydrogen-bond donors (Lipinski definition) is 2. The molecule has 0 bridgehead atoms. The molecule has 2 aromatic carbocycles. The largest absolute Gasteiger partial charge is 0.329 e. The van der Waals surface area contributed by atoms with E-state index in [4.69, 9.17) is 0 Å². The van der Waals surface area contributed by atoms with Gasteiger partial charge in [-0.05, 0) is 24.1 Å². The zero-order valence-corrected chi connectivity index (χ0v) is 16.5. The summed E-state index contributed by atoms with van der Waals surface area (Å²) in [5.74, 6) is -0.647. The van der Waals surface area contributed by atoms with Gasteiger partial charge in [-0.3, -0.25) is 19.8 Å². The molecule has 0 spiro atoms. The molecule has 0 aliphatic carbocycles. The van der Waals surface area contributed by atoms with Crippen LogP contribution in [0.25, 0.3) is 11.3 Å². The van der Waals surface area contributed by atoms with Crippen LogP contribution in [0, 0.1) is 6.92 Å². The van der Waals surface area contributed by atoms with E-state index in [0.29, 0.717) is 16.3 Å². The number of nitrogens with one attached hydrogen (secondary N) is 2. The van der Waals surface area contributed by atoms with Crippen molar-refractivity contribution in [2.75, 3.05) is 11.9 Å².